The summed E-state index contributed by atoms with van der Waals surface area (Å²) in [5.41, 5.74) is 0. The number of carbonyl (C=O) groups is 2. The van der Waals surface area contributed by atoms with Crippen LogP contribution in [0, 0.1) is 0 Å². The summed E-state index contributed by atoms with van der Waals surface area (Å²) >= 11 is 0. The topological polar surface area (TPSA) is 52.6 Å². The van der Waals surface area contributed by atoms with Crippen molar-refractivity contribution < 1.29 is 19.1 Å². The molecule has 0 aromatic heterocycles. The van der Waals surface area contributed by atoms with Crippen molar-refractivity contribution in [1.29, 1.82) is 0 Å². The van der Waals surface area contributed by atoms with Crippen LogP contribution in [-0.2, 0) is 19.1 Å². The Balaban J connectivity index is 3.72. The number of unbranched alkanes of at least 4 members (excludes halogenated alkanes) is 4. The molecule has 0 radical (unpaired) electrons. The second-order valence-corrected chi connectivity index (χ2v) is 4.46. The van der Waals surface area contributed by atoms with Gasteiger partial charge in [0.1, 0.15) is 6.10 Å². The van der Waals surface area contributed by atoms with Crippen molar-refractivity contribution in [2.75, 3.05) is 7.11 Å². The van der Waals surface area contributed by atoms with Crippen LogP contribution in [0.1, 0.15) is 65.2 Å². The summed E-state index contributed by atoms with van der Waals surface area (Å²) in [5.74, 6) is -0.542. The summed E-state index contributed by atoms with van der Waals surface area (Å²) in [6.07, 6.45) is 6.40. The highest BCUT2D eigenvalue weighted by Gasteiger charge is 2.16. The molecule has 0 rings (SSSR count). The van der Waals surface area contributed by atoms with Crippen molar-refractivity contribution in [3.05, 3.63) is 0 Å². The van der Waals surface area contributed by atoms with Crippen molar-refractivity contribution in [2.45, 2.75) is 71.3 Å². The van der Waals surface area contributed by atoms with Gasteiger partial charge in [0.15, 0.2) is 0 Å². The van der Waals surface area contributed by atoms with E-state index in [1.165, 1.54) is 26.4 Å². The first-order chi connectivity index (χ1) is 8.63. The van der Waals surface area contributed by atoms with E-state index in [9.17, 15) is 9.59 Å². The Morgan fingerprint density at radius 1 is 1.00 bits per heavy atom. The number of esters is 2. The second-order valence-electron chi connectivity index (χ2n) is 4.46. The number of methoxy groups -OCH3 is 1. The maximum Gasteiger partial charge on any atom is 0.309 e. The van der Waals surface area contributed by atoms with E-state index in [0.717, 1.165) is 12.8 Å². The number of carbonyl (C=O) groups excluding carboxylic acids is 2. The molecule has 106 valence electrons. The summed E-state index contributed by atoms with van der Waals surface area (Å²) in [6, 6.07) is 0. The minimum atomic E-state index is -0.347. The first-order valence-corrected chi connectivity index (χ1v) is 6.90. The standard InChI is InChI=1S/C14H26O4/c1-4-6-7-8-9-10-13(15)18-12(5-2)11-14(16)17-3/h12H,4-11H2,1-3H3. The Hall–Kier alpha value is -1.06. The van der Waals surface area contributed by atoms with Crippen LogP contribution in [0.15, 0.2) is 0 Å². The van der Waals surface area contributed by atoms with Gasteiger partial charge in [-0.15, -0.1) is 0 Å². The molecule has 0 aromatic carbocycles. The molecule has 4 heteroatoms. The molecule has 0 fully saturated rings. The number of hydrogen-bond donors (Lipinski definition) is 0. The number of hydrogen-bond acceptors (Lipinski definition) is 4. The second kappa shape index (κ2) is 11.1. The van der Waals surface area contributed by atoms with Crippen molar-refractivity contribution in [3.8, 4) is 0 Å². The lowest BCUT2D eigenvalue weighted by atomic mass is 10.1. The van der Waals surface area contributed by atoms with Gasteiger partial charge in [0, 0.05) is 6.42 Å². The fraction of sp³-hybridized carbons (Fsp3) is 0.857. The van der Waals surface area contributed by atoms with Crippen molar-refractivity contribution >= 4 is 11.9 Å². The third-order valence-electron chi connectivity index (χ3n) is 2.86. The normalized spacial score (nSPS) is 11.9. The average molecular weight is 258 g/mol. The maximum absolute atomic E-state index is 11.5. The molecule has 0 heterocycles. The molecule has 1 unspecified atom stereocenters. The lowest BCUT2D eigenvalue weighted by Gasteiger charge is -2.14. The first kappa shape index (κ1) is 16.9. The van der Waals surface area contributed by atoms with Crippen LogP contribution in [-0.4, -0.2) is 25.2 Å². The van der Waals surface area contributed by atoms with Crippen LogP contribution in [0.5, 0.6) is 0 Å². The molecule has 0 aromatic rings. The predicted octanol–water partition coefficient (Wildman–Crippen LogP) is 3.23. The summed E-state index contributed by atoms with van der Waals surface area (Å²) in [5, 5.41) is 0. The zero-order valence-corrected chi connectivity index (χ0v) is 11.9. The molecule has 0 aliphatic heterocycles. The molecule has 0 amide bonds. The van der Waals surface area contributed by atoms with E-state index in [4.69, 9.17) is 4.74 Å². The van der Waals surface area contributed by atoms with Gasteiger partial charge in [-0.1, -0.05) is 39.5 Å². The SMILES string of the molecule is CCCCCCCC(=O)OC(CC)CC(=O)OC. The first-order valence-electron chi connectivity index (χ1n) is 6.90. The van der Waals surface area contributed by atoms with Gasteiger partial charge in [-0.25, -0.2) is 0 Å². The van der Waals surface area contributed by atoms with Gasteiger partial charge in [0.25, 0.3) is 0 Å². The molecule has 4 nitrogen and oxygen atoms in total. The highest BCUT2D eigenvalue weighted by atomic mass is 16.6. The summed E-state index contributed by atoms with van der Waals surface area (Å²) in [6.45, 7) is 4.05. The van der Waals surface area contributed by atoms with Crippen molar-refractivity contribution in [3.63, 3.8) is 0 Å². The maximum atomic E-state index is 11.5. The number of rotatable bonds is 10. The lowest BCUT2D eigenvalue weighted by molar-refractivity contribution is -0.154. The van der Waals surface area contributed by atoms with Gasteiger partial charge in [-0.05, 0) is 12.8 Å². The van der Waals surface area contributed by atoms with Gasteiger partial charge in [0.05, 0.1) is 13.5 Å². The van der Waals surface area contributed by atoms with Gasteiger partial charge >= 0.3 is 11.9 Å². The molecular formula is C14H26O4. The van der Waals surface area contributed by atoms with Crippen LogP contribution in [0.3, 0.4) is 0 Å². The van der Waals surface area contributed by atoms with Crippen LogP contribution in [0.4, 0.5) is 0 Å². The Morgan fingerprint density at radius 2 is 1.67 bits per heavy atom. The fourth-order valence-electron chi connectivity index (χ4n) is 1.66. The van der Waals surface area contributed by atoms with E-state index in [1.54, 1.807) is 0 Å². The van der Waals surface area contributed by atoms with E-state index in [2.05, 4.69) is 11.7 Å². The highest BCUT2D eigenvalue weighted by Crippen LogP contribution is 2.10. The van der Waals surface area contributed by atoms with E-state index in [0.29, 0.717) is 12.8 Å². The molecular weight excluding hydrogens is 232 g/mol. The Labute approximate surface area is 110 Å². The van der Waals surface area contributed by atoms with E-state index in [1.807, 2.05) is 6.92 Å². The molecule has 0 N–H and O–H groups in total. The Bertz CT molecular complexity index is 238. The molecule has 0 spiro atoms. The Morgan fingerprint density at radius 3 is 2.22 bits per heavy atom. The van der Waals surface area contributed by atoms with Crippen molar-refractivity contribution in [1.82, 2.24) is 0 Å². The fourth-order valence-corrected chi connectivity index (χ4v) is 1.66. The molecule has 18 heavy (non-hydrogen) atoms. The quantitative estimate of drug-likeness (QED) is 0.446. The summed E-state index contributed by atoms with van der Waals surface area (Å²) < 4.78 is 9.80. The van der Waals surface area contributed by atoms with Gasteiger partial charge in [-0.3, -0.25) is 9.59 Å². The zero-order valence-electron chi connectivity index (χ0n) is 11.9. The molecule has 0 aliphatic carbocycles. The third-order valence-corrected chi connectivity index (χ3v) is 2.86. The van der Waals surface area contributed by atoms with E-state index >= 15 is 0 Å². The van der Waals surface area contributed by atoms with E-state index < -0.39 is 0 Å². The van der Waals surface area contributed by atoms with E-state index in [-0.39, 0.29) is 24.5 Å². The molecule has 0 saturated heterocycles. The molecule has 0 saturated carbocycles. The molecule has 1 atom stereocenters. The minimum absolute atomic E-state index is 0.147. The highest BCUT2D eigenvalue weighted by molar-refractivity contribution is 5.72. The molecule has 0 aliphatic rings. The van der Waals surface area contributed by atoms with Crippen molar-refractivity contribution in [2.24, 2.45) is 0 Å². The van der Waals surface area contributed by atoms with Crippen LogP contribution in [0.2, 0.25) is 0 Å². The molecule has 0 bridgehead atoms. The van der Waals surface area contributed by atoms with Crippen LogP contribution >= 0.6 is 0 Å². The third kappa shape index (κ3) is 9.02. The minimum Gasteiger partial charge on any atom is -0.469 e. The zero-order chi connectivity index (χ0) is 13.8. The van der Waals surface area contributed by atoms with Crippen LogP contribution < -0.4 is 0 Å². The number of ether oxygens (including phenoxy) is 2. The largest absolute Gasteiger partial charge is 0.469 e. The van der Waals surface area contributed by atoms with Gasteiger partial charge in [0.2, 0.25) is 0 Å². The predicted molar refractivity (Wildman–Crippen MR) is 70.2 cm³/mol. The average Bonchev–Trinajstić information content (AvgIpc) is 2.37. The van der Waals surface area contributed by atoms with Crippen LogP contribution in [0.25, 0.3) is 0 Å². The monoisotopic (exact) mass is 258 g/mol. The van der Waals surface area contributed by atoms with Gasteiger partial charge < -0.3 is 9.47 Å². The lowest BCUT2D eigenvalue weighted by Crippen LogP contribution is -2.21. The smallest absolute Gasteiger partial charge is 0.309 e. The summed E-state index contributed by atoms with van der Waals surface area (Å²) in [4.78, 5) is 22.6. The summed E-state index contributed by atoms with van der Waals surface area (Å²) in [7, 11) is 1.34. The Kier molecular flexibility index (Phi) is 10.4. The van der Waals surface area contributed by atoms with Gasteiger partial charge in [-0.2, -0.15) is 0 Å².